The fraction of sp³-hybridized carbons (Fsp3) is 0.167. The van der Waals surface area contributed by atoms with Crippen molar-refractivity contribution in [1.82, 2.24) is 0 Å². The largest absolute Gasteiger partial charge is 0.493 e. The van der Waals surface area contributed by atoms with E-state index in [-0.39, 0.29) is 5.91 Å². The molecule has 0 spiro atoms. The summed E-state index contributed by atoms with van der Waals surface area (Å²) in [4.78, 5) is 17.6. The monoisotopic (exact) mass is 419 g/mol. The molecule has 3 rings (SSSR count). The molecule has 1 amide bonds. The molecule has 0 bridgehead atoms. The number of carbonyl (C=O) groups excluding carboxylic acids is 1. The van der Waals surface area contributed by atoms with E-state index in [9.17, 15) is 4.79 Å². The van der Waals surface area contributed by atoms with Gasteiger partial charge in [0.2, 0.25) is 5.75 Å². The van der Waals surface area contributed by atoms with Gasteiger partial charge in [-0.2, -0.15) is 0 Å². The van der Waals surface area contributed by atoms with Crippen molar-refractivity contribution in [2.75, 3.05) is 32.4 Å². The fourth-order valence-electron chi connectivity index (χ4n) is 3.14. The van der Waals surface area contributed by atoms with Gasteiger partial charge in [-0.1, -0.05) is 30.3 Å². The van der Waals surface area contributed by atoms with E-state index in [2.05, 4.69) is 10.3 Å². The molecule has 0 aliphatic carbocycles. The van der Waals surface area contributed by atoms with E-state index >= 15 is 0 Å². The number of hydrogen-bond acceptors (Lipinski definition) is 6. The molecule has 0 atom stereocenters. The molecule has 160 valence electrons. The van der Waals surface area contributed by atoms with Crippen molar-refractivity contribution in [3.05, 3.63) is 71.8 Å². The van der Waals surface area contributed by atoms with Crippen LogP contribution in [0.15, 0.2) is 65.7 Å². The molecule has 3 aromatic carbocycles. The number of amides is 1. The summed E-state index contributed by atoms with van der Waals surface area (Å²) in [5, 5.41) is 2.95. The average molecular weight is 419 g/mol. The predicted molar refractivity (Wildman–Crippen MR) is 123 cm³/mol. The Balaban J connectivity index is 1.94. The lowest BCUT2D eigenvalue weighted by molar-refractivity contribution is 0.102. The summed E-state index contributed by atoms with van der Waals surface area (Å²) >= 11 is 0. The number of rotatable bonds is 7. The van der Waals surface area contributed by atoms with E-state index in [4.69, 9.17) is 19.9 Å². The zero-order valence-corrected chi connectivity index (χ0v) is 17.9. The van der Waals surface area contributed by atoms with Crippen LogP contribution in [-0.2, 0) is 0 Å². The number of carbonyl (C=O) groups is 1. The van der Waals surface area contributed by atoms with Crippen LogP contribution in [0.5, 0.6) is 17.2 Å². The lowest BCUT2D eigenvalue weighted by Crippen LogP contribution is -2.15. The van der Waals surface area contributed by atoms with Crippen molar-refractivity contribution in [3.63, 3.8) is 0 Å². The van der Waals surface area contributed by atoms with E-state index < -0.39 is 0 Å². The van der Waals surface area contributed by atoms with Crippen LogP contribution in [0.1, 0.15) is 22.8 Å². The third-order valence-electron chi connectivity index (χ3n) is 4.72. The van der Waals surface area contributed by atoms with Crippen LogP contribution in [0.2, 0.25) is 0 Å². The Bertz CT molecular complexity index is 1100. The summed E-state index contributed by atoms with van der Waals surface area (Å²) in [5.41, 5.74) is 9.76. The van der Waals surface area contributed by atoms with E-state index in [1.54, 1.807) is 18.2 Å². The van der Waals surface area contributed by atoms with Gasteiger partial charge < -0.3 is 25.3 Å². The summed E-state index contributed by atoms with van der Waals surface area (Å²) in [6, 6.07) is 18.0. The molecule has 0 aliphatic heterocycles. The molecule has 7 heteroatoms. The van der Waals surface area contributed by atoms with Crippen LogP contribution >= 0.6 is 0 Å². The minimum atomic E-state index is -0.321. The highest BCUT2D eigenvalue weighted by Crippen LogP contribution is 2.38. The maximum absolute atomic E-state index is 13.0. The average Bonchev–Trinajstić information content (AvgIpc) is 2.79. The molecule has 0 aliphatic rings. The van der Waals surface area contributed by atoms with Gasteiger partial charge in [0, 0.05) is 16.8 Å². The quantitative estimate of drug-likeness (QED) is 0.428. The fourth-order valence-corrected chi connectivity index (χ4v) is 3.14. The SMILES string of the molecule is COc1cc(C(=O)Nc2ccccc2/C(C)=N/c2ccccc2N)cc(OC)c1OC. The number of para-hydroxylation sites is 3. The molecular formula is C24H25N3O4. The van der Waals surface area contributed by atoms with Gasteiger partial charge in [-0.15, -0.1) is 0 Å². The number of hydrogen-bond donors (Lipinski definition) is 2. The Kier molecular flexibility index (Phi) is 6.77. The number of anilines is 2. The van der Waals surface area contributed by atoms with Crippen LogP contribution in [-0.4, -0.2) is 32.9 Å². The Morgan fingerprint density at radius 1 is 0.903 bits per heavy atom. The molecule has 7 nitrogen and oxygen atoms in total. The molecule has 0 unspecified atom stereocenters. The molecule has 31 heavy (non-hydrogen) atoms. The molecule has 0 aromatic heterocycles. The molecular weight excluding hydrogens is 394 g/mol. The number of benzene rings is 3. The normalized spacial score (nSPS) is 11.0. The van der Waals surface area contributed by atoms with Crippen LogP contribution in [0.4, 0.5) is 17.1 Å². The molecule has 0 heterocycles. The molecule has 0 saturated heterocycles. The minimum Gasteiger partial charge on any atom is -0.493 e. The van der Waals surface area contributed by atoms with E-state index in [1.165, 1.54) is 21.3 Å². The minimum absolute atomic E-state index is 0.321. The van der Waals surface area contributed by atoms with Crippen LogP contribution in [0, 0.1) is 0 Å². The lowest BCUT2D eigenvalue weighted by Gasteiger charge is -2.15. The van der Waals surface area contributed by atoms with Crippen molar-refractivity contribution in [2.45, 2.75) is 6.92 Å². The number of nitrogen functional groups attached to an aromatic ring is 1. The smallest absolute Gasteiger partial charge is 0.255 e. The van der Waals surface area contributed by atoms with Crippen molar-refractivity contribution in [2.24, 2.45) is 4.99 Å². The first-order valence-electron chi connectivity index (χ1n) is 9.59. The molecule has 0 fully saturated rings. The van der Waals surface area contributed by atoms with Crippen molar-refractivity contribution >= 4 is 28.7 Å². The van der Waals surface area contributed by atoms with Crippen LogP contribution in [0.25, 0.3) is 0 Å². The van der Waals surface area contributed by atoms with Crippen LogP contribution in [0.3, 0.4) is 0 Å². The summed E-state index contributed by atoms with van der Waals surface area (Å²) < 4.78 is 16.0. The number of methoxy groups -OCH3 is 3. The second-order valence-electron chi connectivity index (χ2n) is 6.67. The van der Waals surface area contributed by atoms with E-state index in [0.717, 1.165) is 11.3 Å². The Labute approximate surface area is 181 Å². The molecule has 0 radical (unpaired) electrons. The van der Waals surface area contributed by atoms with Crippen molar-refractivity contribution < 1.29 is 19.0 Å². The number of nitrogens with zero attached hydrogens (tertiary/aromatic N) is 1. The highest BCUT2D eigenvalue weighted by Gasteiger charge is 2.18. The second kappa shape index (κ2) is 9.67. The molecule has 3 N–H and O–H groups in total. The number of nitrogens with one attached hydrogen (secondary N) is 1. The number of aliphatic imine (C=N–C) groups is 1. The highest BCUT2D eigenvalue weighted by molar-refractivity contribution is 6.11. The molecule has 0 saturated carbocycles. The lowest BCUT2D eigenvalue weighted by atomic mass is 10.1. The van der Waals surface area contributed by atoms with Crippen molar-refractivity contribution in [1.29, 1.82) is 0 Å². The third-order valence-corrected chi connectivity index (χ3v) is 4.72. The Hall–Kier alpha value is -4.00. The summed E-state index contributed by atoms with van der Waals surface area (Å²) in [5.74, 6) is 0.902. The number of nitrogens with two attached hydrogens (primary N) is 1. The number of ether oxygens (including phenoxy) is 3. The van der Waals surface area contributed by atoms with Gasteiger partial charge in [-0.3, -0.25) is 9.79 Å². The molecule has 3 aromatic rings. The van der Waals surface area contributed by atoms with Gasteiger partial charge in [0.05, 0.1) is 38.4 Å². The maximum Gasteiger partial charge on any atom is 0.255 e. The van der Waals surface area contributed by atoms with Gasteiger partial charge in [-0.05, 0) is 37.3 Å². The van der Waals surface area contributed by atoms with E-state index in [0.29, 0.717) is 39.9 Å². The van der Waals surface area contributed by atoms with Gasteiger partial charge in [0.25, 0.3) is 5.91 Å². The zero-order valence-electron chi connectivity index (χ0n) is 17.9. The summed E-state index contributed by atoms with van der Waals surface area (Å²) in [7, 11) is 4.52. The first-order chi connectivity index (χ1) is 15.0. The first-order valence-corrected chi connectivity index (χ1v) is 9.59. The topological polar surface area (TPSA) is 95.2 Å². The third kappa shape index (κ3) is 4.78. The highest BCUT2D eigenvalue weighted by atomic mass is 16.5. The van der Waals surface area contributed by atoms with E-state index in [1.807, 2.05) is 49.4 Å². The van der Waals surface area contributed by atoms with Gasteiger partial charge in [0.1, 0.15) is 0 Å². The van der Waals surface area contributed by atoms with Gasteiger partial charge >= 0.3 is 0 Å². The Morgan fingerprint density at radius 2 is 1.52 bits per heavy atom. The summed E-state index contributed by atoms with van der Waals surface area (Å²) in [6.07, 6.45) is 0. The van der Waals surface area contributed by atoms with Crippen molar-refractivity contribution in [3.8, 4) is 17.2 Å². The standard InChI is InChI=1S/C24H25N3O4/c1-15(26-20-12-8-6-10-18(20)25)17-9-5-7-11-19(17)27-24(28)16-13-21(29-2)23(31-4)22(14-16)30-3/h5-14H,25H2,1-4H3,(H,27,28)/b26-15+. The first kappa shape index (κ1) is 21.7. The predicted octanol–water partition coefficient (Wildman–Crippen LogP) is 4.69. The van der Waals surface area contributed by atoms with Crippen LogP contribution < -0.4 is 25.3 Å². The Morgan fingerprint density at radius 3 is 2.13 bits per heavy atom. The van der Waals surface area contributed by atoms with Gasteiger partial charge in [-0.25, -0.2) is 0 Å². The van der Waals surface area contributed by atoms with Gasteiger partial charge in [0.15, 0.2) is 11.5 Å². The maximum atomic E-state index is 13.0. The zero-order chi connectivity index (χ0) is 22.4. The summed E-state index contributed by atoms with van der Waals surface area (Å²) in [6.45, 7) is 1.87. The second-order valence-corrected chi connectivity index (χ2v) is 6.67.